The lowest BCUT2D eigenvalue weighted by atomic mass is 10.1. The van der Waals surface area contributed by atoms with Crippen molar-refractivity contribution in [2.75, 3.05) is 0 Å². The smallest absolute Gasteiger partial charge is 0.290 e. The number of rotatable bonds is 5. The van der Waals surface area contributed by atoms with Gasteiger partial charge in [0.1, 0.15) is 5.75 Å². The van der Waals surface area contributed by atoms with Gasteiger partial charge in [-0.15, -0.1) is 0 Å². The van der Waals surface area contributed by atoms with Crippen LogP contribution in [-0.2, 0) is 17.8 Å². The molecule has 1 heterocycles. The van der Waals surface area contributed by atoms with Gasteiger partial charge in [-0.25, -0.2) is 4.68 Å². The first-order valence-corrected chi connectivity index (χ1v) is 8.87. The molecule has 0 radical (unpaired) electrons. The molecule has 3 aromatic rings. The molecule has 0 atom stereocenters. The third kappa shape index (κ3) is 4.01. The molecule has 3 rings (SSSR count). The average molecular weight is 380 g/mol. The molecule has 0 aliphatic rings. The zero-order chi connectivity index (χ0) is 20.1. The summed E-state index contributed by atoms with van der Waals surface area (Å²) in [7, 11) is 0. The van der Waals surface area contributed by atoms with Crippen LogP contribution in [0.25, 0.3) is 10.8 Å². The Morgan fingerprint density at radius 3 is 2.43 bits per heavy atom. The predicted octanol–water partition coefficient (Wildman–Crippen LogP) is 1.52. The summed E-state index contributed by atoms with van der Waals surface area (Å²) in [6.45, 7) is 2.07. The second kappa shape index (κ2) is 8.34. The Balaban J connectivity index is 1.70. The number of amides is 2. The van der Waals surface area contributed by atoms with E-state index in [1.165, 1.54) is 4.68 Å². The van der Waals surface area contributed by atoms with Crippen LogP contribution in [0.5, 0.6) is 5.75 Å². The summed E-state index contributed by atoms with van der Waals surface area (Å²) < 4.78 is 1.21. The van der Waals surface area contributed by atoms with Crippen molar-refractivity contribution in [3.05, 3.63) is 70.1 Å². The van der Waals surface area contributed by atoms with Gasteiger partial charge in [0.2, 0.25) is 5.91 Å². The van der Waals surface area contributed by atoms with Crippen molar-refractivity contribution in [1.82, 2.24) is 20.6 Å². The fourth-order valence-electron chi connectivity index (χ4n) is 2.84. The fourth-order valence-corrected chi connectivity index (χ4v) is 2.84. The van der Waals surface area contributed by atoms with E-state index < -0.39 is 11.8 Å². The quantitative estimate of drug-likeness (QED) is 0.581. The minimum atomic E-state index is -0.616. The maximum Gasteiger partial charge on any atom is 0.290 e. The first-order valence-electron chi connectivity index (χ1n) is 8.87. The molecule has 0 aliphatic heterocycles. The number of para-hydroxylation sites is 1. The number of benzene rings is 2. The summed E-state index contributed by atoms with van der Waals surface area (Å²) in [4.78, 5) is 36.9. The molecule has 0 saturated carbocycles. The standard InChI is InChI=1S/C20H20N4O4/c1-2-24-20(28)15-9-5-4-8-14(15)18(23-24)19(27)22-21-17(26)12-11-13-7-3-6-10-16(13)25/h3-10,25H,2,11-12H2,1H3,(H,21,26)(H,22,27). The van der Waals surface area contributed by atoms with Crippen molar-refractivity contribution in [2.24, 2.45) is 0 Å². The van der Waals surface area contributed by atoms with Crippen LogP contribution in [0.4, 0.5) is 0 Å². The maximum atomic E-state index is 12.5. The number of nitrogens with one attached hydrogen (secondary N) is 2. The van der Waals surface area contributed by atoms with E-state index in [0.717, 1.165) is 0 Å². The third-order valence-corrected chi connectivity index (χ3v) is 4.31. The van der Waals surface area contributed by atoms with Gasteiger partial charge >= 0.3 is 0 Å². The Morgan fingerprint density at radius 1 is 1.04 bits per heavy atom. The Labute approximate surface area is 160 Å². The van der Waals surface area contributed by atoms with Crippen LogP contribution in [0.3, 0.4) is 0 Å². The van der Waals surface area contributed by atoms with Crippen LogP contribution in [-0.4, -0.2) is 26.7 Å². The van der Waals surface area contributed by atoms with E-state index in [-0.39, 0.29) is 23.4 Å². The Hall–Kier alpha value is -3.68. The van der Waals surface area contributed by atoms with Crippen molar-refractivity contribution in [1.29, 1.82) is 0 Å². The summed E-state index contributed by atoms with van der Waals surface area (Å²) in [6.07, 6.45) is 0.413. The molecule has 0 bridgehead atoms. The zero-order valence-electron chi connectivity index (χ0n) is 15.3. The first kappa shape index (κ1) is 19.1. The number of nitrogens with zero attached hydrogens (tertiary/aromatic N) is 2. The largest absolute Gasteiger partial charge is 0.508 e. The predicted molar refractivity (Wildman–Crippen MR) is 104 cm³/mol. The number of phenolic OH excluding ortho intramolecular Hbond substituents is 1. The summed E-state index contributed by atoms with van der Waals surface area (Å²) in [5, 5.41) is 14.6. The van der Waals surface area contributed by atoms with Crippen molar-refractivity contribution < 1.29 is 14.7 Å². The summed E-state index contributed by atoms with van der Waals surface area (Å²) >= 11 is 0. The number of fused-ring (bicyclic) bond motifs is 1. The highest BCUT2D eigenvalue weighted by molar-refractivity contribution is 6.05. The van der Waals surface area contributed by atoms with E-state index >= 15 is 0 Å². The Morgan fingerprint density at radius 2 is 1.71 bits per heavy atom. The number of aromatic nitrogens is 2. The number of phenols is 1. The topological polar surface area (TPSA) is 113 Å². The Bertz CT molecular complexity index is 1090. The molecule has 2 amide bonds. The second-order valence-corrected chi connectivity index (χ2v) is 6.15. The SMILES string of the molecule is CCn1nc(C(=O)NNC(=O)CCc2ccccc2O)c2ccccc2c1=O. The van der Waals surface area contributed by atoms with Gasteiger partial charge < -0.3 is 5.11 Å². The number of aromatic hydroxyl groups is 1. The monoisotopic (exact) mass is 380 g/mol. The molecule has 28 heavy (non-hydrogen) atoms. The van der Waals surface area contributed by atoms with Gasteiger partial charge in [-0.05, 0) is 31.0 Å². The van der Waals surface area contributed by atoms with Crippen LogP contribution in [0.15, 0.2) is 53.3 Å². The van der Waals surface area contributed by atoms with Gasteiger partial charge in [-0.3, -0.25) is 25.2 Å². The molecule has 0 spiro atoms. The Kier molecular flexibility index (Phi) is 5.69. The number of hydrogen-bond acceptors (Lipinski definition) is 5. The third-order valence-electron chi connectivity index (χ3n) is 4.31. The van der Waals surface area contributed by atoms with Gasteiger partial charge in [0.25, 0.3) is 11.5 Å². The molecule has 2 aromatic carbocycles. The van der Waals surface area contributed by atoms with Gasteiger partial charge in [0.15, 0.2) is 5.69 Å². The highest BCUT2D eigenvalue weighted by Crippen LogP contribution is 2.17. The maximum absolute atomic E-state index is 12.5. The van der Waals surface area contributed by atoms with Crippen LogP contribution in [0, 0.1) is 0 Å². The molecular weight excluding hydrogens is 360 g/mol. The number of carbonyl (C=O) groups is 2. The molecule has 1 aromatic heterocycles. The van der Waals surface area contributed by atoms with E-state index in [0.29, 0.717) is 29.3 Å². The molecular formula is C20H20N4O4. The minimum absolute atomic E-state index is 0.0538. The first-order chi connectivity index (χ1) is 13.5. The van der Waals surface area contributed by atoms with Gasteiger partial charge in [0, 0.05) is 18.4 Å². The van der Waals surface area contributed by atoms with Crippen molar-refractivity contribution >= 4 is 22.6 Å². The minimum Gasteiger partial charge on any atom is -0.508 e. The lowest BCUT2D eigenvalue weighted by molar-refractivity contribution is -0.121. The normalized spacial score (nSPS) is 10.6. The van der Waals surface area contributed by atoms with Crippen LogP contribution in [0.2, 0.25) is 0 Å². The zero-order valence-corrected chi connectivity index (χ0v) is 15.3. The number of carbonyl (C=O) groups excluding carboxylic acids is 2. The van der Waals surface area contributed by atoms with E-state index in [2.05, 4.69) is 16.0 Å². The van der Waals surface area contributed by atoms with Crippen molar-refractivity contribution in [3.8, 4) is 5.75 Å². The summed E-state index contributed by atoms with van der Waals surface area (Å²) in [5.41, 5.74) is 5.10. The second-order valence-electron chi connectivity index (χ2n) is 6.15. The number of hydrogen-bond donors (Lipinski definition) is 3. The number of hydrazine groups is 1. The van der Waals surface area contributed by atoms with E-state index in [4.69, 9.17) is 0 Å². The van der Waals surface area contributed by atoms with Crippen LogP contribution >= 0.6 is 0 Å². The highest BCUT2D eigenvalue weighted by Gasteiger charge is 2.16. The molecule has 8 nitrogen and oxygen atoms in total. The van der Waals surface area contributed by atoms with Gasteiger partial charge in [0.05, 0.1) is 5.39 Å². The molecule has 0 unspecified atom stereocenters. The lowest BCUT2D eigenvalue weighted by Gasteiger charge is -2.11. The summed E-state index contributed by atoms with van der Waals surface area (Å²) in [5.74, 6) is -0.907. The molecule has 0 saturated heterocycles. The van der Waals surface area contributed by atoms with E-state index in [1.807, 2.05) is 0 Å². The number of aryl methyl sites for hydroxylation is 2. The molecule has 144 valence electrons. The van der Waals surface area contributed by atoms with Crippen molar-refractivity contribution in [3.63, 3.8) is 0 Å². The molecule has 8 heteroatoms. The van der Waals surface area contributed by atoms with E-state index in [1.54, 1.807) is 55.5 Å². The van der Waals surface area contributed by atoms with Crippen molar-refractivity contribution in [2.45, 2.75) is 26.3 Å². The van der Waals surface area contributed by atoms with Gasteiger partial charge in [-0.1, -0.05) is 36.4 Å². The highest BCUT2D eigenvalue weighted by atomic mass is 16.3. The van der Waals surface area contributed by atoms with E-state index in [9.17, 15) is 19.5 Å². The average Bonchev–Trinajstić information content (AvgIpc) is 2.72. The van der Waals surface area contributed by atoms with Crippen LogP contribution < -0.4 is 16.4 Å². The fraction of sp³-hybridized carbons (Fsp3) is 0.200. The molecule has 0 aliphatic carbocycles. The molecule has 3 N–H and O–H groups in total. The molecule has 0 fully saturated rings. The lowest BCUT2D eigenvalue weighted by Crippen LogP contribution is -2.42. The van der Waals surface area contributed by atoms with Crippen LogP contribution in [0.1, 0.15) is 29.4 Å². The van der Waals surface area contributed by atoms with Gasteiger partial charge in [-0.2, -0.15) is 5.10 Å². The summed E-state index contributed by atoms with van der Waals surface area (Å²) in [6, 6.07) is 13.4.